The van der Waals surface area contributed by atoms with Gasteiger partial charge in [0, 0.05) is 54.5 Å². The van der Waals surface area contributed by atoms with Crippen molar-refractivity contribution in [1.29, 1.82) is 0 Å². The molecular weight excluding hydrogens is 340 g/mol. The number of halogens is 1. The third kappa shape index (κ3) is 4.20. The van der Waals surface area contributed by atoms with Crippen LogP contribution in [-0.2, 0) is 16.1 Å². The van der Waals surface area contributed by atoms with Gasteiger partial charge in [0.1, 0.15) is 0 Å². The van der Waals surface area contributed by atoms with E-state index in [1.807, 2.05) is 24.3 Å². The van der Waals surface area contributed by atoms with E-state index in [0.717, 1.165) is 29.4 Å². The Morgan fingerprint density at radius 2 is 2.00 bits per heavy atom. The zero-order valence-electron chi connectivity index (χ0n) is 13.9. The quantitative estimate of drug-likeness (QED) is 0.356. The van der Waals surface area contributed by atoms with E-state index in [1.54, 1.807) is 22.2 Å². The van der Waals surface area contributed by atoms with Crippen molar-refractivity contribution < 1.29 is 9.59 Å². The Morgan fingerprint density at radius 3 is 2.80 bits per heavy atom. The molecule has 1 aliphatic heterocycles. The second kappa shape index (κ2) is 8.16. The predicted molar refractivity (Wildman–Crippen MR) is 97.2 cm³/mol. The minimum atomic E-state index is -0.447. The smallest absolute Gasteiger partial charge is 0.312 e. The van der Waals surface area contributed by atoms with Gasteiger partial charge < -0.3 is 14.8 Å². The number of allylic oxidation sites excluding steroid dienone is 1. The molecule has 1 fully saturated rings. The molecule has 1 N–H and O–H groups in total. The maximum Gasteiger partial charge on any atom is 0.312 e. The van der Waals surface area contributed by atoms with Crippen LogP contribution in [0.2, 0.25) is 0 Å². The van der Waals surface area contributed by atoms with Crippen molar-refractivity contribution in [1.82, 2.24) is 19.8 Å². The van der Waals surface area contributed by atoms with Gasteiger partial charge in [-0.1, -0.05) is 12.2 Å². The summed E-state index contributed by atoms with van der Waals surface area (Å²) >= 11 is 5.63. The van der Waals surface area contributed by atoms with Crippen LogP contribution in [-0.4, -0.2) is 57.1 Å². The number of amides is 2. The molecule has 0 atom stereocenters. The van der Waals surface area contributed by atoms with Gasteiger partial charge in [-0.2, -0.15) is 0 Å². The molecule has 25 heavy (non-hydrogen) atoms. The fourth-order valence-corrected chi connectivity index (χ4v) is 3.03. The maximum atomic E-state index is 12.4. The number of fused-ring (bicyclic) bond motifs is 1. The average Bonchev–Trinajstić information content (AvgIpc) is 3.03. The lowest BCUT2D eigenvalue weighted by atomic mass is 10.2. The largest absolute Gasteiger partial charge is 0.357 e. The highest BCUT2D eigenvalue weighted by atomic mass is 35.5. The Hall–Kier alpha value is -2.34. The molecule has 2 aromatic heterocycles. The molecule has 0 bridgehead atoms. The van der Waals surface area contributed by atoms with Crippen molar-refractivity contribution in [2.75, 3.05) is 25.5 Å². The number of H-pyrrole nitrogens is 1. The van der Waals surface area contributed by atoms with E-state index in [9.17, 15) is 9.59 Å². The molecule has 132 valence electrons. The highest BCUT2D eigenvalue weighted by Crippen LogP contribution is 2.16. The fourth-order valence-electron chi connectivity index (χ4n) is 2.88. The Bertz CT molecular complexity index is 753. The lowest BCUT2D eigenvalue weighted by Gasteiger charge is -2.33. The van der Waals surface area contributed by atoms with Gasteiger partial charge in [0.15, 0.2) is 0 Å². The molecule has 1 aliphatic rings. The van der Waals surface area contributed by atoms with Crippen LogP contribution in [0.4, 0.5) is 0 Å². The van der Waals surface area contributed by atoms with Crippen molar-refractivity contribution in [3.63, 3.8) is 0 Å². The Morgan fingerprint density at radius 1 is 1.20 bits per heavy atom. The maximum absolute atomic E-state index is 12.4. The van der Waals surface area contributed by atoms with Crippen LogP contribution in [0.5, 0.6) is 0 Å². The van der Waals surface area contributed by atoms with Gasteiger partial charge >= 0.3 is 11.8 Å². The number of carbonyl (C=O) groups excluding carboxylic acids is 2. The number of alkyl halides is 1. The molecule has 0 saturated carbocycles. The third-order valence-corrected chi connectivity index (χ3v) is 4.50. The summed E-state index contributed by atoms with van der Waals surface area (Å²) in [7, 11) is 0. The summed E-state index contributed by atoms with van der Waals surface area (Å²) in [5, 5.41) is 0.997. The van der Waals surface area contributed by atoms with Gasteiger partial charge in [-0.05, 0) is 25.0 Å². The van der Waals surface area contributed by atoms with E-state index in [2.05, 4.69) is 9.97 Å². The average molecular weight is 361 g/mol. The van der Waals surface area contributed by atoms with Gasteiger partial charge in [-0.3, -0.25) is 14.6 Å². The van der Waals surface area contributed by atoms with Crippen molar-refractivity contribution in [2.45, 2.75) is 19.4 Å². The predicted octanol–water partition coefficient (Wildman–Crippen LogP) is 2.31. The molecule has 2 aromatic rings. The van der Waals surface area contributed by atoms with E-state index in [4.69, 9.17) is 11.6 Å². The molecular formula is C18H21ClN4O2. The number of hydrogen-bond acceptors (Lipinski definition) is 3. The summed E-state index contributed by atoms with van der Waals surface area (Å²) < 4.78 is 0. The molecule has 0 unspecified atom stereocenters. The molecule has 6 nitrogen and oxygen atoms in total. The second-order valence-electron chi connectivity index (χ2n) is 6.04. The molecule has 0 radical (unpaired) electrons. The van der Waals surface area contributed by atoms with Crippen LogP contribution in [0.25, 0.3) is 10.9 Å². The number of nitrogens with zero attached hydrogens (tertiary/aromatic N) is 3. The van der Waals surface area contributed by atoms with E-state index in [0.29, 0.717) is 32.1 Å². The summed E-state index contributed by atoms with van der Waals surface area (Å²) in [4.78, 5) is 35.2. The highest BCUT2D eigenvalue weighted by molar-refractivity contribution is 6.35. The Labute approximate surface area is 151 Å². The molecule has 3 heterocycles. The molecule has 2 amide bonds. The van der Waals surface area contributed by atoms with Crippen LogP contribution in [0.15, 0.2) is 36.7 Å². The summed E-state index contributed by atoms with van der Waals surface area (Å²) in [6, 6.07) is 3.85. The Kier molecular flexibility index (Phi) is 5.71. The van der Waals surface area contributed by atoms with Crippen molar-refractivity contribution in [3.05, 3.63) is 42.4 Å². The van der Waals surface area contributed by atoms with Gasteiger partial charge in [0.25, 0.3) is 0 Å². The van der Waals surface area contributed by atoms with Gasteiger partial charge in [0.05, 0.1) is 6.54 Å². The van der Waals surface area contributed by atoms with Crippen LogP contribution in [0.3, 0.4) is 0 Å². The Balaban J connectivity index is 1.57. The SMILES string of the molecule is O=C1C(=O)N(Cc2cc3cnccc3[nH]2)CCN1CC=CCCCCl. The van der Waals surface area contributed by atoms with Crippen molar-refractivity contribution >= 4 is 34.3 Å². The standard InChI is InChI=1S/C18H21ClN4O2/c19-6-3-1-2-4-8-22-9-10-23(18(25)17(22)24)13-15-11-14-12-20-7-5-16(14)21-15/h2,4-5,7,11-12,21H,1,3,6,8-10,13H2. The lowest BCUT2D eigenvalue weighted by Crippen LogP contribution is -2.53. The highest BCUT2D eigenvalue weighted by Gasteiger charge is 2.31. The summed E-state index contributed by atoms with van der Waals surface area (Å²) in [6.07, 6.45) is 9.23. The number of aromatic nitrogens is 2. The van der Waals surface area contributed by atoms with Crippen LogP contribution in [0.1, 0.15) is 18.5 Å². The van der Waals surface area contributed by atoms with Crippen molar-refractivity contribution in [2.24, 2.45) is 0 Å². The molecule has 0 aromatic carbocycles. The molecule has 0 spiro atoms. The fraction of sp³-hybridized carbons (Fsp3) is 0.389. The van der Waals surface area contributed by atoms with Crippen LogP contribution >= 0.6 is 11.6 Å². The first-order valence-electron chi connectivity index (χ1n) is 8.40. The number of nitrogens with one attached hydrogen (secondary N) is 1. The summed E-state index contributed by atoms with van der Waals surface area (Å²) in [5.41, 5.74) is 1.88. The minimum absolute atomic E-state index is 0.401. The second-order valence-corrected chi connectivity index (χ2v) is 6.42. The zero-order chi connectivity index (χ0) is 17.6. The number of rotatable bonds is 7. The number of aromatic amines is 1. The van der Waals surface area contributed by atoms with Gasteiger partial charge in [-0.15, -0.1) is 11.6 Å². The first-order chi connectivity index (χ1) is 12.2. The summed E-state index contributed by atoms with van der Waals surface area (Å²) in [5.74, 6) is -0.257. The van der Waals surface area contributed by atoms with E-state index in [-0.39, 0.29) is 0 Å². The molecule has 0 aliphatic carbocycles. The number of pyridine rings is 1. The van der Waals surface area contributed by atoms with E-state index < -0.39 is 11.8 Å². The summed E-state index contributed by atoms with van der Waals surface area (Å²) in [6.45, 7) is 1.96. The number of unbranched alkanes of at least 4 members (excludes halogenated alkanes) is 1. The van der Waals surface area contributed by atoms with Crippen molar-refractivity contribution in [3.8, 4) is 0 Å². The third-order valence-electron chi connectivity index (χ3n) is 4.23. The number of hydrogen-bond donors (Lipinski definition) is 1. The van der Waals surface area contributed by atoms with Crippen LogP contribution < -0.4 is 0 Å². The molecule has 3 rings (SSSR count). The van der Waals surface area contributed by atoms with E-state index in [1.165, 1.54) is 0 Å². The first kappa shape index (κ1) is 17.5. The van der Waals surface area contributed by atoms with E-state index >= 15 is 0 Å². The number of piperazine rings is 1. The number of carbonyl (C=O) groups is 2. The molecule has 7 heteroatoms. The minimum Gasteiger partial charge on any atom is -0.357 e. The van der Waals surface area contributed by atoms with Crippen LogP contribution in [0, 0.1) is 0 Å². The molecule has 1 saturated heterocycles. The van der Waals surface area contributed by atoms with Gasteiger partial charge in [0.2, 0.25) is 0 Å². The van der Waals surface area contributed by atoms with Gasteiger partial charge in [-0.25, -0.2) is 0 Å². The lowest BCUT2D eigenvalue weighted by molar-refractivity contribution is -0.156. The normalized spacial score (nSPS) is 15.7. The topological polar surface area (TPSA) is 69.3 Å². The first-order valence-corrected chi connectivity index (χ1v) is 8.93. The monoisotopic (exact) mass is 360 g/mol. The zero-order valence-corrected chi connectivity index (χ0v) is 14.7.